The van der Waals surface area contributed by atoms with E-state index < -0.39 is 64.9 Å². The maximum atomic E-state index is 17.7. The van der Waals surface area contributed by atoms with Gasteiger partial charge < -0.3 is 34.8 Å². The first-order valence-corrected chi connectivity index (χ1v) is 26.6. The number of Topliss-reactive ketones (excluding diaryl/α,β-unsaturated/α-hetero) is 1. The van der Waals surface area contributed by atoms with Crippen LogP contribution in [0.1, 0.15) is 75.2 Å². The summed E-state index contributed by atoms with van der Waals surface area (Å²) in [5.74, 6) is -1.53. The van der Waals surface area contributed by atoms with Gasteiger partial charge in [0, 0.05) is 62.5 Å². The Balaban J connectivity index is 0.901. The van der Waals surface area contributed by atoms with Crippen LogP contribution in [0.4, 0.5) is 31.3 Å². The van der Waals surface area contributed by atoms with Crippen LogP contribution in [0.15, 0.2) is 76.3 Å². The summed E-state index contributed by atoms with van der Waals surface area (Å²) < 4.78 is 42.9. The molecule has 78 heavy (non-hydrogen) atoms. The fraction of sp³-hybridized carbons (Fsp3) is 0.382. The Bertz CT molecular complexity index is 3720. The number of nitrogens with zero attached hydrogens (tertiary/aromatic N) is 13. The summed E-state index contributed by atoms with van der Waals surface area (Å²) in [4.78, 5) is 82.2. The summed E-state index contributed by atoms with van der Waals surface area (Å²) in [5.41, 5.74) is 3.02. The number of aromatic hydroxyl groups is 1. The number of aromatic nitrogens is 10. The number of piperazine rings is 2. The summed E-state index contributed by atoms with van der Waals surface area (Å²) >= 11 is 3.57. The molecule has 2 aromatic carbocycles. The van der Waals surface area contributed by atoms with E-state index in [-0.39, 0.29) is 52.8 Å². The average Bonchev–Trinajstić information content (AvgIpc) is 4.05. The molecule has 406 valence electrons. The molecule has 2 saturated heterocycles. The van der Waals surface area contributed by atoms with Crippen LogP contribution in [0.25, 0.3) is 44.7 Å². The Kier molecular flexibility index (Phi) is 14.7. The molecule has 6 aromatic heterocycles. The van der Waals surface area contributed by atoms with Crippen molar-refractivity contribution in [2.24, 2.45) is 0 Å². The number of anilines is 3. The van der Waals surface area contributed by atoms with E-state index in [1.54, 1.807) is 27.9 Å². The van der Waals surface area contributed by atoms with E-state index in [0.29, 0.717) is 78.2 Å². The molecule has 8 heterocycles. The summed E-state index contributed by atoms with van der Waals surface area (Å²) in [5, 5.41) is 19.1. The first-order chi connectivity index (χ1) is 37.3. The molecule has 8 aromatic rings. The Labute approximate surface area is 456 Å². The molecule has 2 aliphatic rings. The van der Waals surface area contributed by atoms with Crippen molar-refractivity contribution in [2.75, 3.05) is 61.5 Å². The number of hydrogen-bond donors (Lipinski definition) is 3. The zero-order valence-corrected chi connectivity index (χ0v) is 46.2. The van der Waals surface area contributed by atoms with Gasteiger partial charge in [-0.05, 0) is 111 Å². The molecule has 0 radical (unpaired) electrons. The van der Waals surface area contributed by atoms with Crippen LogP contribution in [0.5, 0.6) is 5.75 Å². The van der Waals surface area contributed by atoms with Gasteiger partial charge in [0.1, 0.15) is 35.5 Å². The lowest BCUT2D eigenvalue weighted by Gasteiger charge is -2.43. The molecule has 23 heteroatoms. The third-order valence-electron chi connectivity index (χ3n) is 14.5. The lowest BCUT2D eigenvalue weighted by Crippen LogP contribution is -2.59. The van der Waals surface area contributed by atoms with Crippen LogP contribution in [0, 0.1) is 25.5 Å². The highest BCUT2D eigenvalue weighted by atomic mass is 79.9. The lowest BCUT2D eigenvalue weighted by molar-refractivity contribution is -0.115. The third-order valence-corrected chi connectivity index (χ3v) is 15.1. The molecular weight excluding hydrogens is 1070 g/mol. The molecule has 3 atom stereocenters. The highest BCUT2D eigenvalue weighted by Crippen LogP contribution is 2.40. The number of ether oxygens (including phenoxy) is 1. The Morgan fingerprint density at radius 3 is 2.47 bits per heavy atom. The zero-order chi connectivity index (χ0) is 55.4. The molecule has 2 aliphatic heterocycles. The number of likely N-dealkylation sites (N-methyl/N-ethyl adjacent to an activating group) is 1. The van der Waals surface area contributed by atoms with Crippen molar-refractivity contribution in [1.82, 2.24) is 58.9 Å². The normalized spacial score (nSPS) is 17.2. The molecule has 10 rings (SSSR count). The van der Waals surface area contributed by atoms with Crippen LogP contribution < -0.4 is 20.8 Å². The summed E-state index contributed by atoms with van der Waals surface area (Å²) in [6.45, 7) is 19.6. The summed E-state index contributed by atoms with van der Waals surface area (Å²) in [7, 11) is 1.98. The monoisotopic (exact) mass is 1130 g/mol. The highest BCUT2D eigenvalue weighted by molar-refractivity contribution is 9.10. The van der Waals surface area contributed by atoms with Crippen molar-refractivity contribution < 1.29 is 28.2 Å². The van der Waals surface area contributed by atoms with Crippen LogP contribution in [0.2, 0.25) is 0 Å². The van der Waals surface area contributed by atoms with Crippen LogP contribution in [-0.4, -0.2) is 140 Å². The van der Waals surface area contributed by atoms with Gasteiger partial charge in [-0.25, -0.2) is 32.9 Å². The van der Waals surface area contributed by atoms with E-state index in [9.17, 15) is 19.5 Å². The maximum Gasteiger partial charge on any atom is 0.410 e. The molecule has 0 spiro atoms. The number of pyridine rings is 2. The Morgan fingerprint density at radius 1 is 0.974 bits per heavy atom. The number of nitrogens with one attached hydrogen (secondary N) is 2. The number of aryl methyl sites for hydroxylation is 3. The second-order valence-corrected chi connectivity index (χ2v) is 21.5. The Morgan fingerprint density at radius 2 is 1.74 bits per heavy atom. The molecule has 1 amide bonds. The fourth-order valence-electron chi connectivity index (χ4n) is 10.7. The molecule has 0 bridgehead atoms. The number of phenols is 1. The van der Waals surface area contributed by atoms with Crippen molar-refractivity contribution in [3.63, 3.8) is 0 Å². The minimum atomic E-state index is -1.01. The SMILES string of the molecule is C=C(COC(=O)N1[C@H](C)CN(c2nc(NCc3nc4ccc(C)cc4[nH]3)n3ncc(Br)c3n2)C[C@@H]1C)C(=O)CCc1c(F)c(-c2c(O)cccc2F)nc2c1c(N1CCN(C)C[C@@H]1C)nc(=O)n2-c1c(C)ccnc1C(C)C. The number of hydrogen-bond acceptors (Lipinski definition) is 16. The number of phenolic OH excluding ortho intramolecular Hbond substituents is 1. The summed E-state index contributed by atoms with van der Waals surface area (Å²) in [6.07, 6.45) is 1.98. The van der Waals surface area contributed by atoms with E-state index in [2.05, 4.69) is 52.8 Å². The van der Waals surface area contributed by atoms with E-state index in [4.69, 9.17) is 24.7 Å². The molecule has 20 nitrogen and oxygen atoms in total. The number of benzene rings is 2. The van der Waals surface area contributed by atoms with Gasteiger partial charge in [-0.1, -0.05) is 32.6 Å². The van der Waals surface area contributed by atoms with Crippen molar-refractivity contribution in [2.45, 2.75) is 91.9 Å². The standard InChI is InChI=1S/C55H60BrF2N15O5/c1-28(2)46-48(30(4)17-18-59-46)72-51-43(50(66-54(72)76)70-20-19-68(9)24-32(70)6)35(45(58)47(64-51)44-37(57)11-10-12-41(44)75)14-16-40(74)31(5)27-78-55(77)71-33(7)25-69(26-34(71)8)53-65-49-36(56)22-61-73(49)52(67-53)60-23-42-62-38-15-13-29(3)21-39(38)63-42/h10-13,15,17-18,21-22,28,32-34,75H,5,14,16,19-20,23-27H2,1-4,6-9H3,(H,62,63)(H,60,65,67)/t32-,33-,34+/m0/s1. The minimum absolute atomic E-state index is 0.0468. The number of carbonyl (C=O) groups is 2. The quantitative estimate of drug-likeness (QED) is 0.0874. The highest BCUT2D eigenvalue weighted by Gasteiger charge is 2.37. The molecule has 0 aliphatic carbocycles. The van der Waals surface area contributed by atoms with Crippen LogP contribution >= 0.6 is 15.9 Å². The first kappa shape index (κ1) is 53.5. The number of rotatable bonds is 14. The largest absolute Gasteiger partial charge is 0.507 e. The van der Waals surface area contributed by atoms with E-state index in [1.165, 1.54) is 16.7 Å². The van der Waals surface area contributed by atoms with Gasteiger partial charge in [0.15, 0.2) is 22.9 Å². The van der Waals surface area contributed by atoms with Gasteiger partial charge in [-0.2, -0.15) is 24.6 Å². The topological polar surface area (TPSA) is 221 Å². The van der Waals surface area contributed by atoms with Crippen LogP contribution in [0.3, 0.4) is 0 Å². The predicted octanol–water partition coefficient (Wildman–Crippen LogP) is 8.19. The van der Waals surface area contributed by atoms with E-state index >= 15 is 8.78 Å². The molecule has 3 N–H and O–H groups in total. The number of fused-ring (bicyclic) bond motifs is 3. The first-order valence-electron chi connectivity index (χ1n) is 25.8. The number of carbonyl (C=O) groups excluding carboxylic acids is 2. The zero-order valence-electron chi connectivity index (χ0n) is 44.6. The summed E-state index contributed by atoms with van der Waals surface area (Å²) in [6, 6.07) is 10.4. The molecular formula is C55H60BrF2N15O5. The van der Waals surface area contributed by atoms with Crippen molar-refractivity contribution >= 4 is 73.2 Å². The lowest BCUT2D eigenvalue weighted by atomic mass is 9.97. The third kappa shape index (κ3) is 10.1. The van der Waals surface area contributed by atoms with Gasteiger partial charge in [0.25, 0.3) is 0 Å². The van der Waals surface area contributed by atoms with Gasteiger partial charge in [0.2, 0.25) is 11.9 Å². The van der Waals surface area contributed by atoms with E-state index in [0.717, 1.165) is 28.5 Å². The van der Waals surface area contributed by atoms with Crippen molar-refractivity contribution in [3.8, 4) is 22.7 Å². The fourth-order valence-corrected chi connectivity index (χ4v) is 11.0. The molecule has 0 saturated carbocycles. The number of ketones is 1. The van der Waals surface area contributed by atoms with E-state index in [1.807, 2.05) is 83.5 Å². The minimum Gasteiger partial charge on any atom is -0.507 e. The number of imidazole rings is 1. The average molecular weight is 1130 g/mol. The van der Waals surface area contributed by atoms with Gasteiger partial charge in [0.05, 0.1) is 62.7 Å². The smallest absolute Gasteiger partial charge is 0.410 e. The second kappa shape index (κ2) is 21.5. The molecule has 0 unspecified atom stereocenters. The Hall–Kier alpha value is -7.92. The van der Waals surface area contributed by atoms with Crippen molar-refractivity contribution in [3.05, 3.63) is 122 Å². The number of H-pyrrole nitrogens is 1. The number of amides is 1. The number of aromatic amines is 1. The van der Waals surface area contributed by atoms with Gasteiger partial charge >= 0.3 is 11.8 Å². The van der Waals surface area contributed by atoms with Gasteiger partial charge in [-0.3, -0.25) is 14.7 Å². The van der Waals surface area contributed by atoms with Crippen LogP contribution in [-0.2, 0) is 22.5 Å². The molecule has 2 fully saturated rings. The predicted molar refractivity (Wildman–Crippen MR) is 297 cm³/mol. The number of halogens is 3. The second-order valence-electron chi connectivity index (χ2n) is 20.7. The maximum absolute atomic E-state index is 17.7. The van der Waals surface area contributed by atoms with Gasteiger partial charge in [-0.15, -0.1) is 0 Å². The van der Waals surface area contributed by atoms with Crippen molar-refractivity contribution in [1.29, 1.82) is 0 Å².